The van der Waals surface area contributed by atoms with Gasteiger partial charge in [-0.3, -0.25) is 14.5 Å². The number of hydrogen-bond donors (Lipinski definition) is 1. The maximum absolute atomic E-state index is 11.8. The normalized spacial score (nSPS) is 26.7. The van der Waals surface area contributed by atoms with Gasteiger partial charge in [0.15, 0.2) is 0 Å². The number of nitrogens with zero attached hydrogens (tertiary/aromatic N) is 3. The third-order valence-corrected chi connectivity index (χ3v) is 4.13. The van der Waals surface area contributed by atoms with Crippen molar-refractivity contribution in [1.82, 2.24) is 14.7 Å². The predicted molar refractivity (Wildman–Crippen MR) is 70.9 cm³/mol. The van der Waals surface area contributed by atoms with Crippen molar-refractivity contribution in [2.45, 2.75) is 12.8 Å². The lowest BCUT2D eigenvalue weighted by Gasteiger charge is -2.35. The smallest absolute Gasteiger partial charge is 0.308 e. The van der Waals surface area contributed by atoms with E-state index in [1.165, 1.54) is 0 Å². The number of carboxylic acid groups (broad SMARTS) is 1. The molecular weight excluding hydrogens is 246 g/mol. The average molecular weight is 269 g/mol. The van der Waals surface area contributed by atoms with Gasteiger partial charge < -0.3 is 14.9 Å². The molecule has 1 unspecified atom stereocenters. The molecule has 0 radical (unpaired) electrons. The monoisotopic (exact) mass is 269 g/mol. The fraction of sp³-hybridized carbons (Fsp3) is 0.846. The largest absolute Gasteiger partial charge is 0.481 e. The van der Waals surface area contributed by atoms with E-state index in [9.17, 15) is 9.59 Å². The lowest BCUT2D eigenvalue weighted by Crippen LogP contribution is -2.49. The zero-order valence-corrected chi connectivity index (χ0v) is 11.5. The molecule has 0 spiro atoms. The molecule has 0 bridgehead atoms. The maximum Gasteiger partial charge on any atom is 0.308 e. The first-order valence-electron chi connectivity index (χ1n) is 6.97. The van der Waals surface area contributed by atoms with Gasteiger partial charge in [0.1, 0.15) is 0 Å². The Morgan fingerprint density at radius 2 is 1.95 bits per heavy atom. The molecule has 6 heteroatoms. The Kier molecular flexibility index (Phi) is 4.76. The Hall–Kier alpha value is -1.14. The third-order valence-electron chi connectivity index (χ3n) is 4.13. The summed E-state index contributed by atoms with van der Waals surface area (Å²) >= 11 is 0. The molecule has 0 aromatic carbocycles. The first kappa shape index (κ1) is 14.3. The number of carbonyl (C=O) groups excluding carboxylic acids is 1. The second kappa shape index (κ2) is 6.34. The summed E-state index contributed by atoms with van der Waals surface area (Å²) in [4.78, 5) is 29.2. The topological polar surface area (TPSA) is 64.1 Å². The number of aliphatic carboxylic acids is 1. The number of likely N-dealkylation sites (N-methyl/N-ethyl adjacent to an activating group) is 1. The number of carbonyl (C=O) groups is 2. The van der Waals surface area contributed by atoms with Crippen molar-refractivity contribution in [3.63, 3.8) is 0 Å². The van der Waals surface area contributed by atoms with Crippen LogP contribution in [0.15, 0.2) is 0 Å². The second-order valence-corrected chi connectivity index (χ2v) is 5.56. The minimum atomic E-state index is -0.780. The van der Waals surface area contributed by atoms with Crippen LogP contribution in [0, 0.1) is 5.92 Å². The highest BCUT2D eigenvalue weighted by Crippen LogP contribution is 2.17. The summed E-state index contributed by atoms with van der Waals surface area (Å²) in [6.45, 7) is 6.07. The minimum Gasteiger partial charge on any atom is -0.481 e. The standard InChI is InChI=1S/C13H23N3O3/c1-14-4-6-15(7-5-14)8-9-16-10-11(13(18)19)2-3-12(16)17/h11H,2-10H2,1H3,(H,18,19). The average Bonchev–Trinajstić information content (AvgIpc) is 2.39. The molecule has 0 saturated carbocycles. The molecule has 0 aromatic rings. The van der Waals surface area contributed by atoms with Gasteiger partial charge in [-0.15, -0.1) is 0 Å². The van der Waals surface area contributed by atoms with Crippen molar-refractivity contribution in [2.75, 3.05) is 52.9 Å². The van der Waals surface area contributed by atoms with Crippen LogP contribution in [0.1, 0.15) is 12.8 Å². The molecule has 19 heavy (non-hydrogen) atoms. The van der Waals surface area contributed by atoms with Crippen molar-refractivity contribution < 1.29 is 14.7 Å². The van der Waals surface area contributed by atoms with E-state index in [1.807, 2.05) is 0 Å². The number of amides is 1. The quantitative estimate of drug-likeness (QED) is 0.749. The lowest BCUT2D eigenvalue weighted by molar-refractivity contribution is -0.147. The minimum absolute atomic E-state index is 0.103. The molecule has 2 heterocycles. The van der Waals surface area contributed by atoms with Gasteiger partial charge in [-0.05, 0) is 13.5 Å². The van der Waals surface area contributed by atoms with Gasteiger partial charge in [0.2, 0.25) is 5.91 Å². The summed E-state index contributed by atoms with van der Waals surface area (Å²) < 4.78 is 0. The number of hydrogen-bond acceptors (Lipinski definition) is 4. The Bertz CT molecular complexity index is 340. The molecular formula is C13H23N3O3. The molecule has 0 aliphatic carbocycles. The van der Waals surface area contributed by atoms with Crippen LogP contribution in [0.2, 0.25) is 0 Å². The molecule has 108 valence electrons. The molecule has 2 saturated heterocycles. The number of carboxylic acids is 1. The first-order valence-corrected chi connectivity index (χ1v) is 6.97. The number of piperazine rings is 1. The highest BCUT2D eigenvalue weighted by atomic mass is 16.4. The summed E-state index contributed by atoms with van der Waals surface area (Å²) in [5.41, 5.74) is 0. The summed E-state index contributed by atoms with van der Waals surface area (Å²) in [5, 5.41) is 9.03. The fourth-order valence-corrected chi connectivity index (χ4v) is 2.67. The molecule has 0 aromatic heterocycles. The molecule has 1 N–H and O–H groups in total. The van der Waals surface area contributed by atoms with Crippen molar-refractivity contribution in [3.05, 3.63) is 0 Å². The van der Waals surface area contributed by atoms with Gasteiger partial charge in [0.25, 0.3) is 0 Å². The molecule has 6 nitrogen and oxygen atoms in total. The van der Waals surface area contributed by atoms with Crippen LogP contribution in [0.4, 0.5) is 0 Å². The highest BCUT2D eigenvalue weighted by molar-refractivity contribution is 5.80. The number of likely N-dealkylation sites (tertiary alicyclic amines) is 1. The van der Waals surface area contributed by atoms with Crippen LogP contribution in [0.3, 0.4) is 0 Å². The van der Waals surface area contributed by atoms with E-state index in [1.54, 1.807) is 4.90 Å². The Morgan fingerprint density at radius 1 is 1.26 bits per heavy atom. The van der Waals surface area contributed by atoms with Gasteiger partial charge in [0, 0.05) is 52.2 Å². The lowest BCUT2D eigenvalue weighted by atomic mass is 9.98. The molecule has 2 aliphatic rings. The van der Waals surface area contributed by atoms with E-state index in [0.717, 1.165) is 32.7 Å². The number of piperidine rings is 1. The van der Waals surface area contributed by atoms with Crippen molar-refractivity contribution in [1.29, 1.82) is 0 Å². The molecule has 1 amide bonds. The first-order chi connectivity index (χ1) is 9.06. The Labute approximate surface area is 114 Å². The van der Waals surface area contributed by atoms with Crippen LogP contribution in [0.25, 0.3) is 0 Å². The Morgan fingerprint density at radius 3 is 2.58 bits per heavy atom. The van der Waals surface area contributed by atoms with Gasteiger partial charge >= 0.3 is 5.97 Å². The third kappa shape index (κ3) is 3.91. The summed E-state index contributed by atoms with van der Waals surface area (Å²) in [5.74, 6) is -1.06. The van der Waals surface area contributed by atoms with Crippen LogP contribution in [0.5, 0.6) is 0 Å². The fourth-order valence-electron chi connectivity index (χ4n) is 2.67. The van der Waals surface area contributed by atoms with Crippen LogP contribution < -0.4 is 0 Å². The molecule has 2 fully saturated rings. The van der Waals surface area contributed by atoms with E-state index >= 15 is 0 Å². The summed E-state index contributed by atoms with van der Waals surface area (Å²) in [6, 6.07) is 0. The zero-order chi connectivity index (χ0) is 13.8. The Balaban J connectivity index is 1.77. The van der Waals surface area contributed by atoms with E-state index in [2.05, 4.69) is 16.8 Å². The summed E-state index contributed by atoms with van der Waals surface area (Å²) in [7, 11) is 2.11. The van der Waals surface area contributed by atoms with Crippen LogP contribution >= 0.6 is 0 Å². The number of rotatable bonds is 4. The van der Waals surface area contributed by atoms with Gasteiger partial charge in [-0.2, -0.15) is 0 Å². The maximum atomic E-state index is 11.8. The van der Waals surface area contributed by atoms with Gasteiger partial charge in [-0.25, -0.2) is 0 Å². The van der Waals surface area contributed by atoms with Crippen LogP contribution in [-0.2, 0) is 9.59 Å². The van der Waals surface area contributed by atoms with E-state index in [-0.39, 0.29) is 11.8 Å². The van der Waals surface area contributed by atoms with Crippen molar-refractivity contribution in [2.24, 2.45) is 5.92 Å². The zero-order valence-electron chi connectivity index (χ0n) is 11.5. The van der Waals surface area contributed by atoms with E-state index < -0.39 is 5.97 Å². The predicted octanol–water partition coefficient (Wildman–Crippen LogP) is -0.443. The second-order valence-electron chi connectivity index (χ2n) is 5.56. The summed E-state index contributed by atoms with van der Waals surface area (Å²) in [6.07, 6.45) is 0.860. The molecule has 2 rings (SSSR count). The van der Waals surface area contributed by atoms with Crippen LogP contribution in [-0.4, -0.2) is 84.5 Å². The van der Waals surface area contributed by atoms with Gasteiger partial charge in [-0.1, -0.05) is 0 Å². The van der Waals surface area contributed by atoms with Crippen molar-refractivity contribution >= 4 is 11.9 Å². The SMILES string of the molecule is CN1CCN(CCN2CC(C(=O)O)CCC2=O)CC1. The van der Waals surface area contributed by atoms with Crippen molar-refractivity contribution in [3.8, 4) is 0 Å². The van der Waals surface area contributed by atoms with Gasteiger partial charge in [0.05, 0.1) is 5.92 Å². The van der Waals surface area contributed by atoms with E-state index in [0.29, 0.717) is 25.9 Å². The van der Waals surface area contributed by atoms with E-state index in [4.69, 9.17) is 5.11 Å². The molecule has 1 atom stereocenters. The highest BCUT2D eigenvalue weighted by Gasteiger charge is 2.30. The molecule has 2 aliphatic heterocycles.